The van der Waals surface area contributed by atoms with Gasteiger partial charge in [-0.3, -0.25) is 29.7 Å². The number of aryl methyl sites for hydroxylation is 1. The number of hydrogen-bond acceptors (Lipinski definition) is 9. The average Bonchev–Trinajstić information content (AvgIpc) is 3.43. The molecule has 0 aliphatic rings. The topological polar surface area (TPSA) is 169 Å². The molecule has 14 heteroatoms. The molecule has 0 unspecified atom stereocenters. The summed E-state index contributed by atoms with van der Waals surface area (Å²) in [5, 5.41) is 33.6. The lowest BCUT2D eigenvalue weighted by molar-refractivity contribution is -0.386. The molecular weight excluding hydrogens is 486 g/mol. The third-order valence-electron chi connectivity index (χ3n) is 5.33. The summed E-state index contributed by atoms with van der Waals surface area (Å²) < 4.78 is 13.6. The van der Waals surface area contributed by atoms with Crippen LogP contribution in [0.4, 0.5) is 17.1 Å². The Hall–Kier alpha value is -5.27. The molecule has 0 aliphatic heterocycles. The highest BCUT2D eigenvalue weighted by molar-refractivity contribution is 6.03. The Morgan fingerprint density at radius 1 is 0.973 bits per heavy atom. The second kappa shape index (κ2) is 10.2. The lowest BCUT2D eigenvalue weighted by Crippen LogP contribution is -2.16. The molecule has 0 radical (unpaired) electrons. The molecule has 0 bridgehead atoms. The first-order valence-corrected chi connectivity index (χ1v) is 10.8. The van der Waals surface area contributed by atoms with Gasteiger partial charge in [-0.2, -0.15) is 10.2 Å². The van der Waals surface area contributed by atoms with E-state index in [0.29, 0.717) is 17.2 Å². The number of non-ortho nitro benzene ring substituents is 1. The van der Waals surface area contributed by atoms with Crippen molar-refractivity contribution in [2.24, 2.45) is 0 Å². The van der Waals surface area contributed by atoms with Crippen LogP contribution in [0.2, 0.25) is 0 Å². The summed E-state index contributed by atoms with van der Waals surface area (Å²) in [6, 6.07) is 12.0. The van der Waals surface area contributed by atoms with E-state index in [1.54, 1.807) is 31.2 Å². The lowest BCUT2D eigenvalue weighted by atomic mass is 10.2. The Morgan fingerprint density at radius 2 is 1.68 bits per heavy atom. The largest absolute Gasteiger partial charge is 0.497 e. The molecule has 0 fully saturated rings. The summed E-state index contributed by atoms with van der Waals surface area (Å²) in [5.74, 6) is 0.567. The zero-order chi connectivity index (χ0) is 26.7. The number of nitrogens with zero attached hydrogens (tertiary/aromatic N) is 6. The van der Waals surface area contributed by atoms with Crippen LogP contribution < -0.4 is 14.8 Å². The zero-order valence-corrected chi connectivity index (χ0v) is 19.9. The minimum absolute atomic E-state index is 0.0279. The quantitative estimate of drug-likeness (QED) is 0.259. The van der Waals surface area contributed by atoms with Crippen LogP contribution in [0.5, 0.6) is 17.2 Å². The van der Waals surface area contributed by atoms with E-state index in [1.807, 2.05) is 0 Å². The number of nitro groups is 2. The molecule has 0 atom stereocenters. The predicted molar refractivity (Wildman–Crippen MR) is 130 cm³/mol. The number of hydrogen-bond donors (Lipinski definition) is 1. The predicted octanol–water partition coefficient (Wildman–Crippen LogP) is 4.07. The Bertz CT molecular complexity index is 1490. The van der Waals surface area contributed by atoms with Gasteiger partial charge in [0.15, 0.2) is 5.69 Å². The van der Waals surface area contributed by atoms with Crippen LogP contribution in [0, 0.1) is 34.1 Å². The first kappa shape index (κ1) is 24.8. The molecule has 37 heavy (non-hydrogen) atoms. The molecule has 4 rings (SSSR count). The molecule has 0 aliphatic carbocycles. The number of nitrogens with one attached hydrogen (secondary N) is 1. The van der Waals surface area contributed by atoms with Crippen molar-refractivity contribution >= 4 is 23.0 Å². The number of benzene rings is 2. The van der Waals surface area contributed by atoms with Gasteiger partial charge in [0.25, 0.3) is 11.6 Å². The molecule has 14 nitrogen and oxygen atoms in total. The highest BCUT2D eigenvalue weighted by Gasteiger charge is 2.22. The average molecular weight is 507 g/mol. The summed E-state index contributed by atoms with van der Waals surface area (Å²) in [6.07, 6.45) is 1.52. The minimum atomic E-state index is -0.617. The van der Waals surface area contributed by atoms with E-state index in [-0.39, 0.29) is 40.9 Å². The van der Waals surface area contributed by atoms with Crippen molar-refractivity contribution in [3.05, 3.63) is 92.0 Å². The summed E-state index contributed by atoms with van der Waals surface area (Å²) >= 11 is 0. The van der Waals surface area contributed by atoms with Gasteiger partial charge in [-0.25, -0.2) is 4.68 Å². The molecule has 1 N–H and O–H groups in total. The van der Waals surface area contributed by atoms with Gasteiger partial charge in [-0.15, -0.1) is 0 Å². The summed E-state index contributed by atoms with van der Waals surface area (Å²) in [7, 11) is 1.53. The van der Waals surface area contributed by atoms with E-state index in [1.165, 1.54) is 53.9 Å². The standard InChI is InChI=1S/C23H21N7O7/c1-14-22(30(34)35)15(2)28(25-14)13-27-9-8-21(26-27)23(31)24-16-10-17(29(32)33)12-20(11-16)37-19-6-4-18(36-3)5-7-19/h4-12H,13H2,1-3H3,(H,24,31). The van der Waals surface area contributed by atoms with Crippen LogP contribution in [-0.2, 0) is 6.67 Å². The molecule has 0 saturated heterocycles. The van der Waals surface area contributed by atoms with E-state index in [9.17, 15) is 25.0 Å². The summed E-state index contributed by atoms with van der Waals surface area (Å²) in [5.41, 5.74) is 0.420. The number of anilines is 1. The highest BCUT2D eigenvalue weighted by atomic mass is 16.6. The molecule has 0 saturated carbocycles. The summed E-state index contributed by atoms with van der Waals surface area (Å²) in [6.45, 7) is 3.16. The van der Waals surface area contributed by atoms with Gasteiger partial charge < -0.3 is 14.8 Å². The van der Waals surface area contributed by atoms with E-state index < -0.39 is 15.8 Å². The van der Waals surface area contributed by atoms with Crippen molar-refractivity contribution in [3.8, 4) is 17.2 Å². The minimum Gasteiger partial charge on any atom is -0.497 e. The zero-order valence-electron chi connectivity index (χ0n) is 19.9. The fourth-order valence-corrected chi connectivity index (χ4v) is 3.58. The van der Waals surface area contributed by atoms with Gasteiger partial charge in [0, 0.05) is 18.3 Å². The maximum absolute atomic E-state index is 12.8. The van der Waals surface area contributed by atoms with Gasteiger partial charge >= 0.3 is 5.69 Å². The molecular formula is C23H21N7O7. The molecule has 0 spiro atoms. The number of nitro benzene ring substituents is 1. The van der Waals surface area contributed by atoms with E-state index in [2.05, 4.69) is 15.5 Å². The lowest BCUT2D eigenvalue weighted by Gasteiger charge is -2.09. The van der Waals surface area contributed by atoms with Crippen molar-refractivity contribution in [1.82, 2.24) is 19.6 Å². The number of rotatable bonds is 9. The van der Waals surface area contributed by atoms with Crippen molar-refractivity contribution in [2.45, 2.75) is 20.5 Å². The maximum Gasteiger partial charge on any atom is 0.312 e. The van der Waals surface area contributed by atoms with E-state index in [0.717, 1.165) is 0 Å². The van der Waals surface area contributed by atoms with Crippen LogP contribution in [0.1, 0.15) is 21.9 Å². The van der Waals surface area contributed by atoms with Crippen LogP contribution in [0.3, 0.4) is 0 Å². The molecule has 2 aromatic heterocycles. The first-order valence-electron chi connectivity index (χ1n) is 10.8. The second-order valence-corrected chi connectivity index (χ2v) is 7.86. The number of carbonyl (C=O) groups is 1. The van der Waals surface area contributed by atoms with Gasteiger partial charge in [0.2, 0.25) is 0 Å². The molecule has 2 heterocycles. The fourth-order valence-electron chi connectivity index (χ4n) is 3.58. The van der Waals surface area contributed by atoms with Crippen molar-refractivity contribution < 1.29 is 24.1 Å². The third kappa shape index (κ3) is 5.53. The normalized spacial score (nSPS) is 10.7. The fraction of sp³-hybridized carbons (Fsp3) is 0.174. The van der Waals surface area contributed by atoms with E-state index >= 15 is 0 Å². The van der Waals surface area contributed by atoms with Crippen molar-refractivity contribution in [2.75, 3.05) is 12.4 Å². The Labute approximate surface area is 209 Å². The van der Waals surface area contributed by atoms with Crippen LogP contribution >= 0.6 is 0 Å². The highest BCUT2D eigenvalue weighted by Crippen LogP contribution is 2.31. The Balaban J connectivity index is 1.51. The smallest absolute Gasteiger partial charge is 0.312 e. The second-order valence-electron chi connectivity index (χ2n) is 7.86. The maximum atomic E-state index is 12.8. The van der Waals surface area contributed by atoms with Gasteiger partial charge in [-0.05, 0) is 44.2 Å². The molecule has 4 aromatic rings. The van der Waals surface area contributed by atoms with Crippen LogP contribution in [0.15, 0.2) is 54.7 Å². The number of amides is 1. The Kier molecular flexibility index (Phi) is 6.81. The van der Waals surface area contributed by atoms with Gasteiger partial charge in [0.05, 0.1) is 28.7 Å². The van der Waals surface area contributed by atoms with Crippen LogP contribution in [0.25, 0.3) is 0 Å². The van der Waals surface area contributed by atoms with Crippen molar-refractivity contribution in [3.63, 3.8) is 0 Å². The molecule has 2 aromatic carbocycles. The van der Waals surface area contributed by atoms with Gasteiger partial charge in [0.1, 0.15) is 35.3 Å². The summed E-state index contributed by atoms with van der Waals surface area (Å²) in [4.78, 5) is 34.3. The monoisotopic (exact) mass is 507 g/mol. The number of methoxy groups -OCH3 is 1. The number of carbonyl (C=O) groups excluding carboxylic acids is 1. The van der Waals surface area contributed by atoms with Gasteiger partial charge in [-0.1, -0.05) is 0 Å². The molecule has 190 valence electrons. The SMILES string of the molecule is COc1ccc(Oc2cc(NC(=O)c3ccn(Cn4nc(C)c([N+](=O)[O-])c4C)n3)cc([N+](=O)[O-])c2)cc1. The Morgan fingerprint density at radius 3 is 2.30 bits per heavy atom. The molecule has 1 amide bonds. The number of aromatic nitrogens is 4. The van der Waals surface area contributed by atoms with E-state index in [4.69, 9.17) is 9.47 Å². The van der Waals surface area contributed by atoms with Crippen molar-refractivity contribution in [1.29, 1.82) is 0 Å². The first-order chi connectivity index (χ1) is 17.6. The van der Waals surface area contributed by atoms with Crippen LogP contribution in [-0.4, -0.2) is 42.4 Å². The number of ether oxygens (including phenoxy) is 2. The third-order valence-corrected chi connectivity index (χ3v) is 5.33.